The number of para-hydroxylation sites is 1. The van der Waals surface area contributed by atoms with E-state index in [2.05, 4.69) is 53.7 Å². The predicted octanol–water partition coefficient (Wildman–Crippen LogP) is 4.04. The molecule has 20 heavy (non-hydrogen) atoms. The number of ether oxygens (including phenoxy) is 1. The van der Waals surface area contributed by atoms with Crippen LogP contribution in [0.5, 0.6) is 5.88 Å². The monoisotopic (exact) mass is 266 g/mol. The van der Waals surface area contributed by atoms with Crippen molar-refractivity contribution >= 4 is 10.9 Å². The molecule has 0 radical (unpaired) electrons. The third kappa shape index (κ3) is 1.86. The standard InChI is InChI=1S/C17H18N2O/c1-4-19-12(2)17(14-7-5-6-8-15(14)19)13-9-10-16(20-3)18-11-13/h5-11H,4H2,1-3H3. The highest BCUT2D eigenvalue weighted by atomic mass is 16.5. The SMILES string of the molecule is CCn1c(C)c(-c2ccc(OC)nc2)c2ccccc21. The first-order valence-electron chi connectivity index (χ1n) is 6.84. The molecule has 0 amide bonds. The molecule has 0 saturated heterocycles. The maximum atomic E-state index is 5.13. The largest absolute Gasteiger partial charge is 0.481 e. The summed E-state index contributed by atoms with van der Waals surface area (Å²) in [6, 6.07) is 12.5. The summed E-state index contributed by atoms with van der Waals surface area (Å²) in [5, 5.41) is 1.28. The number of nitrogens with zero attached hydrogens (tertiary/aromatic N) is 2. The summed E-state index contributed by atoms with van der Waals surface area (Å²) in [5.74, 6) is 0.644. The minimum Gasteiger partial charge on any atom is -0.481 e. The van der Waals surface area contributed by atoms with Gasteiger partial charge in [0.15, 0.2) is 0 Å². The minimum atomic E-state index is 0.644. The lowest BCUT2D eigenvalue weighted by Gasteiger charge is -2.05. The maximum absolute atomic E-state index is 5.13. The van der Waals surface area contributed by atoms with Crippen molar-refractivity contribution in [3.8, 4) is 17.0 Å². The Morgan fingerprint density at radius 1 is 1.15 bits per heavy atom. The van der Waals surface area contributed by atoms with Gasteiger partial charge in [0.2, 0.25) is 5.88 Å². The number of methoxy groups -OCH3 is 1. The summed E-state index contributed by atoms with van der Waals surface area (Å²) in [7, 11) is 1.64. The van der Waals surface area contributed by atoms with E-state index in [9.17, 15) is 0 Å². The number of hydrogen-bond donors (Lipinski definition) is 0. The lowest BCUT2D eigenvalue weighted by Crippen LogP contribution is -1.96. The van der Waals surface area contributed by atoms with Crippen LogP contribution in [0.15, 0.2) is 42.6 Å². The second-order valence-electron chi connectivity index (χ2n) is 4.81. The average Bonchev–Trinajstić information content (AvgIpc) is 2.79. The minimum absolute atomic E-state index is 0.644. The van der Waals surface area contributed by atoms with Crippen molar-refractivity contribution in [3.05, 3.63) is 48.3 Å². The molecule has 0 spiro atoms. The fourth-order valence-electron chi connectivity index (χ4n) is 2.85. The topological polar surface area (TPSA) is 27.1 Å². The van der Waals surface area contributed by atoms with E-state index in [0.29, 0.717) is 5.88 Å². The van der Waals surface area contributed by atoms with Crippen molar-refractivity contribution in [2.45, 2.75) is 20.4 Å². The molecule has 2 heterocycles. The van der Waals surface area contributed by atoms with Crippen molar-refractivity contribution in [2.75, 3.05) is 7.11 Å². The van der Waals surface area contributed by atoms with Gasteiger partial charge in [-0.25, -0.2) is 4.98 Å². The Labute approximate surface area is 118 Å². The van der Waals surface area contributed by atoms with E-state index in [0.717, 1.165) is 12.1 Å². The van der Waals surface area contributed by atoms with E-state index < -0.39 is 0 Å². The van der Waals surface area contributed by atoms with E-state index >= 15 is 0 Å². The molecule has 0 aliphatic rings. The highest BCUT2D eigenvalue weighted by molar-refractivity contribution is 5.97. The Morgan fingerprint density at radius 3 is 2.60 bits per heavy atom. The van der Waals surface area contributed by atoms with Gasteiger partial charge in [0.1, 0.15) is 0 Å². The Balaban J connectivity index is 2.26. The van der Waals surface area contributed by atoms with Crippen molar-refractivity contribution in [2.24, 2.45) is 0 Å². The lowest BCUT2D eigenvalue weighted by atomic mass is 10.0. The molecule has 3 aromatic rings. The molecule has 1 aromatic carbocycles. The summed E-state index contributed by atoms with van der Waals surface area (Å²) in [5.41, 5.74) is 4.95. The first-order chi connectivity index (χ1) is 9.76. The summed E-state index contributed by atoms with van der Waals surface area (Å²) >= 11 is 0. The predicted molar refractivity (Wildman–Crippen MR) is 82.1 cm³/mol. The number of benzene rings is 1. The third-order valence-electron chi connectivity index (χ3n) is 3.78. The second-order valence-corrected chi connectivity index (χ2v) is 4.81. The number of fused-ring (bicyclic) bond motifs is 1. The van der Waals surface area contributed by atoms with Crippen LogP contribution in [-0.2, 0) is 6.54 Å². The van der Waals surface area contributed by atoms with Gasteiger partial charge in [0, 0.05) is 46.5 Å². The van der Waals surface area contributed by atoms with Gasteiger partial charge >= 0.3 is 0 Å². The number of aromatic nitrogens is 2. The molecule has 0 atom stereocenters. The summed E-state index contributed by atoms with van der Waals surface area (Å²) in [6.07, 6.45) is 1.88. The van der Waals surface area contributed by atoms with E-state index in [1.54, 1.807) is 7.11 Å². The summed E-state index contributed by atoms with van der Waals surface area (Å²) in [4.78, 5) is 4.33. The highest BCUT2D eigenvalue weighted by Gasteiger charge is 2.14. The first-order valence-corrected chi connectivity index (χ1v) is 6.84. The van der Waals surface area contributed by atoms with Crippen LogP contribution >= 0.6 is 0 Å². The van der Waals surface area contributed by atoms with Gasteiger partial charge in [0.05, 0.1) is 7.11 Å². The van der Waals surface area contributed by atoms with E-state index in [1.807, 2.05) is 12.3 Å². The van der Waals surface area contributed by atoms with Gasteiger partial charge in [-0.2, -0.15) is 0 Å². The molecule has 0 aliphatic carbocycles. The molecule has 3 nitrogen and oxygen atoms in total. The fraction of sp³-hybridized carbons (Fsp3) is 0.235. The van der Waals surface area contributed by atoms with Crippen LogP contribution in [0, 0.1) is 6.92 Å². The smallest absolute Gasteiger partial charge is 0.212 e. The van der Waals surface area contributed by atoms with Crippen LogP contribution in [0.3, 0.4) is 0 Å². The molecule has 0 unspecified atom stereocenters. The molecule has 0 N–H and O–H groups in total. The van der Waals surface area contributed by atoms with E-state index in [1.165, 1.54) is 22.2 Å². The second kappa shape index (κ2) is 5.00. The Morgan fingerprint density at radius 2 is 1.95 bits per heavy atom. The number of aryl methyl sites for hydroxylation is 1. The van der Waals surface area contributed by atoms with Crippen molar-refractivity contribution in [1.82, 2.24) is 9.55 Å². The van der Waals surface area contributed by atoms with Gasteiger partial charge in [-0.05, 0) is 26.0 Å². The molecule has 3 heteroatoms. The molecule has 0 aliphatic heterocycles. The van der Waals surface area contributed by atoms with Gasteiger partial charge in [0.25, 0.3) is 0 Å². The molecular weight excluding hydrogens is 248 g/mol. The van der Waals surface area contributed by atoms with Gasteiger partial charge in [-0.1, -0.05) is 18.2 Å². The Bertz CT molecular complexity index is 742. The van der Waals surface area contributed by atoms with Crippen LogP contribution < -0.4 is 4.74 Å². The Hall–Kier alpha value is -2.29. The van der Waals surface area contributed by atoms with E-state index in [-0.39, 0.29) is 0 Å². The van der Waals surface area contributed by atoms with Crippen molar-refractivity contribution in [1.29, 1.82) is 0 Å². The van der Waals surface area contributed by atoms with Crippen LogP contribution in [0.2, 0.25) is 0 Å². The van der Waals surface area contributed by atoms with Crippen LogP contribution in [0.4, 0.5) is 0 Å². The molecular formula is C17H18N2O. The van der Waals surface area contributed by atoms with Crippen LogP contribution in [-0.4, -0.2) is 16.7 Å². The molecule has 0 saturated carbocycles. The first kappa shape index (κ1) is 12.7. The summed E-state index contributed by atoms with van der Waals surface area (Å²) in [6.45, 7) is 5.31. The molecule has 2 aromatic heterocycles. The Kier molecular flexibility index (Phi) is 3.18. The van der Waals surface area contributed by atoms with Crippen molar-refractivity contribution in [3.63, 3.8) is 0 Å². The lowest BCUT2D eigenvalue weighted by molar-refractivity contribution is 0.398. The maximum Gasteiger partial charge on any atom is 0.212 e. The fourth-order valence-corrected chi connectivity index (χ4v) is 2.85. The normalized spacial score (nSPS) is 10.9. The van der Waals surface area contributed by atoms with E-state index in [4.69, 9.17) is 4.74 Å². The van der Waals surface area contributed by atoms with Crippen molar-refractivity contribution < 1.29 is 4.74 Å². The number of pyridine rings is 1. The molecule has 102 valence electrons. The number of hydrogen-bond acceptors (Lipinski definition) is 2. The van der Waals surface area contributed by atoms with Crippen LogP contribution in [0.25, 0.3) is 22.0 Å². The summed E-state index contributed by atoms with van der Waals surface area (Å²) < 4.78 is 7.47. The zero-order chi connectivity index (χ0) is 14.1. The zero-order valence-corrected chi connectivity index (χ0v) is 12.1. The number of rotatable bonds is 3. The third-order valence-corrected chi connectivity index (χ3v) is 3.78. The van der Waals surface area contributed by atoms with Gasteiger partial charge in [-0.3, -0.25) is 0 Å². The molecule has 0 bridgehead atoms. The van der Waals surface area contributed by atoms with Gasteiger partial charge in [-0.15, -0.1) is 0 Å². The quantitative estimate of drug-likeness (QED) is 0.715. The van der Waals surface area contributed by atoms with Gasteiger partial charge < -0.3 is 9.30 Å². The zero-order valence-electron chi connectivity index (χ0n) is 12.1. The average molecular weight is 266 g/mol. The highest BCUT2D eigenvalue weighted by Crippen LogP contribution is 2.34. The molecule has 3 rings (SSSR count). The molecule has 0 fully saturated rings. The van der Waals surface area contributed by atoms with Crippen LogP contribution in [0.1, 0.15) is 12.6 Å².